The average molecular weight is 202 g/mol. The number of rotatable bonds is 2. The van der Waals surface area contributed by atoms with Crippen molar-refractivity contribution in [1.29, 1.82) is 5.26 Å². The highest BCUT2D eigenvalue weighted by atomic mass is 15.3. The van der Waals surface area contributed by atoms with Gasteiger partial charge in [0.15, 0.2) is 0 Å². The molecule has 2 aliphatic rings. The normalized spacial score (nSPS) is 23.1. The Bertz CT molecular complexity index is 402. The van der Waals surface area contributed by atoms with Crippen molar-refractivity contribution in [2.75, 3.05) is 13.1 Å². The molecule has 0 aromatic carbocycles. The predicted octanol–water partition coefficient (Wildman–Crippen LogP) is 0.754. The Hall–Kier alpha value is -1.34. The summed E-state index contributed by atoms with van der Waals surface area (Å²) in [6, 6.07) is 2.10. The van der Waals surface area contributed by atoms with Gasteiger partial charge in [-0.1, -0.05) is 0 Å². The standard InChI is InChI=1S/C11H14N4/c12-3-10-4-14-15(6-10)5-9-1-11(2-9)7-13-8-11/h4,6,9,13H,1-2,5,7-8H2. The zero-order valence-electron chi connectivity index (χ0n) is 8.61. The maximum atomic E-state index is 8.67. The van der Waals surface area contributed by atoms with Crippen molar-refractivity contribution in [3.8, 4) is 6.07 Å². The van der Waals surface area contributed by atoms with Gasteiger partial charge >= 0.3 is 0 Å². The molecule has 2 fully saturated rings. The van der Waals surface area contributed by atoms with Crippen LogP contribution in [0.1, 0.15) is 18.4 Å². The molecular weight excluding hydrogens is 188 g/mol. The Morgan fingerprint density at radius 1 is 1.60 bits per heavy atom. The highest BCUT2D eigenvalue weighted by molar-refractivity contribution is 5.21. The quantitative estimate of drug-likeness (QED) is 0.770. The zero-order chi connectivity index (χ0) is 10.3. The molecule has 0 atom stereocenters. The van der Waals surface area contributed by atoms with Gasteiger partial charge in [-0.3, -0.25) is 4.68 Å². The van der Waals surface area contributed by atoms with E-state index in [9.17, 15) is 0 Å². The van der Waals surface area contributed by atoms with Crippen molar-refractivity contribution < 1.29 is 0 Å². The number of aromatic nitrogens is 2. The van der Waals surface area contributed by atoms with Crippen LogP contribution in [0.3, 0.4) is 0 Å². The fourth-order valence-corrected chi connectivity index (χ4v) is 2.85. The van der Waals surface area contributed by atoms with Crippen LogP contribution in [0.5, 0.6) is 0 Å². The van der Waals surface area contributed by atoms with Crippen LogP contribution in [0.4, 0.5) is 0 Å². The first-order chi connectivity index (χ1) is 7.30. The highest BCUT2D eigenvalue weighted by Crippen LogP contribution is 2.48. The Balaban J connectivity index is 1.56. The molecule has 1 aliphatic carbocycles. The molecule has 1 saturated carbocycles. The number of nitriles is 1. The van der Waals surface area contributed by atoms with Crippen molar-refractivity contribution >= 4 is 0 Å². The minimum Gasteiger partial charge on any atom is -0.316 e. The van der Waals surface area contributed by atoms with Crippen LogP contribution in [0.15, 0.2) is 12.4 Å². The number of nitrogens with zero attached hydrogens (tertiary/aromatic N) is 3. The Morgan fingerprint density at radius 2 is 2.40 bits per heavy atom. The summed E-state index contributed by atoms with van der Waals surface area (Å²) >= 11 is 0. The molecule has 3 rings (SSSR count). The van der Waals surface area contributed by atoms with Crippen LogP contribution in [0.2, 0.25) is 0 Å². The molecule has 0 amide bonds. The third-order valence-corrected chi connectivity index (χ3v) is 3.65. The van der Waals surface area contributed by atoms with Crippen LogP contribution in [-0.4, -0.2) is 22.9 Å². The summed E-state index contributed by atoms with van der Waals surface area (Å²) in [5, 5.41) is 16.2. The molecule has 15 heavy (non-hydrogen) atoms. The smallest absolute Gasteiger partial charge is 0.102 e. The van der Waals surface area contributed by atoms with Crippen LogP contribution < -0.4 is 5.32 Å². The number of hydrogen-bond donors (Lipinski definition) is 1. The van der Waals surface area contributed by atoms with Crippen LogP contribution in [0.25, 0.3) is 0 Å². The zero-order valence-corrected chi connectivity index (χ0v) is 8.61. The molecule has 1 N–H and O–H groups in total. The minimum atomic E-state index is 0.635. The summed E-state index contributed by atoms with van der Waals surface area (Å²) in [5.41, 5.74) is 1.30. The lowest BCUT2D eigenvalue weighted by Crippen LogP contribution is -2.60. The first-order valence-corrected chi connectivity index (χ1v) is 5.43. The van der Waals surface area contributed by atoms with Gasteiger partial charge in [0.1, 0.15) is 6.07 Å². The van der Waals surface area contributed by atoms with E-state index in [-0.39, 0.29) is 0 Å². The summed E-state index contributed by atoms with van der Waals surface area (Å²) in [6.07, 6.45) is 6.12. The Labute approximate surface area is 88.9 Å². The first kappa shape index (κ1) is 8.93. The van der Waals surface area contributed by atoms with Gasteiger partial charge in [-0.05, 0) is 24.2 Å². The molecule has 0 bridgehead atoms. The van der Waals surface area contributed by atoms with E-state index in [1.54, 1.807) is 6.20 Å². The van der Waals surface area contributed by atoms with Gasteiger partial charge in [-0.2, -0.15) is 10.4 Å². The molecule has 0 radical (unpaired) electrons. The largest absolute Gasteiger partial charge is 0.316 e. The van der Waals surface area contributed by atoms with Crippen molar-refractivity contribution in [1.82, 2.24) is 15.1 Å². The van der Waals surface area contributed by atoms with E-state index >= 15 is 0 Å². The molecule has 1 aromatic heterocycles. The van der Waals surface area contributed by atoms with Crippen LogP contribution >= 0.6 is 0 Å². The molecular formula is C11H14N4. The lowest BCUT2D eigenvalue weighted by molar-refractivity contribution is -0.00861. The van der Waals surface area contributed by atoms with Gasteiger partial charge in [0, 0.05) is 25.8 Å². The number of hydrogen-bond acceptors (Lipinski definition) is 3. The molecule has 1 aromatic rings. The average Bonchev–Trinajstić information content (AvgIpc) is 2.55. The van der Waals surface area contributed by atoms with Crippen molar-refractivity contribution in [2.24, 2.45) is 11.3 Å². The maximum Gasteiger partial charge on any atom is 0.102 e. The molecule has 1 aliphatic heterocycles. The van der Waals surface area contributed by atoms with Crippen molar-refractivity contribution in [3.63, 3.8) is 0 Å². The van der Waals surface area contributed by atoms with E-state index in [4.69, 9.17) is 5.26 Å². The third kappa shape index (κ3) is 1.44. The topological polar surface area (TPSA) is 53.6 Å². The minimum absolute atomic E-state index is 0.635. The highest BCUT2D eigenvalue weighted by Gasteiger charge is 2.48. The maximum absolute atomic E-state index is 8.67. The van der Waals surface area contributed by atoms with E-state index in [1.165, 1.54) is 25.9 Å². The van der Waals surface area contributed by atoms with Gasteiger partial charge in [0.2, 0.25) is 0 Å². The van der Waals surface area contributed by atoms with Gasteiger partial charge in [0.25, 0.3) is 0 Å². The molecule has 2 heterocycles. The second-order valence-electron chi connectivity index (χ2n) is 4.94. The van der Waals surface area contributed by atoms with Crippen molar-refractivity contribution in [2.45, 2.75) is 19.4 Å². The summed E-state index contributed by atoms with van der Waals surface area (Å²) in [6.45, 7) is 3.38. The van der Waals surface area contributed by atoms with E-state index < -0.39 is 0 Å². The van der Waals surface area contributed by atoms with Crippen LogP contribution in [-0.2, 0) is 6.54 Å². The molecule has 4 heteroatoms. The SMILES string of the molecule is N#Cc1cnn(CC2CC3(CNC3)C2)c1. The molecule has 78 valence electrons. The Kier molecular flexibility index (Phi) is 1.83. The number of nitrogens with one attached hydrogen (secondary N) is 1. The van der Waals surface area contributed by atoms with Gasteiger partial charge in [-0.15, -0.1) is 0 Å². The van der Waals surface area contributed by atoms with Gasteiger partial charge in [0.05, 0.1) is 11.8 Å². The monoisotopic (exact) mass is 202 g/mol. The third-order valence-electron chi connectivity index (χ3n) is 3.65. The summed E-state index contributed by atoms with van der Waals surface area (Å²) in [4.78, 5) is 0. The molecule has 0 unspecified atom stereocenters. The van der Waals surface area contributed by atoms with E-state index in [1.807, 2.05) is 10.9 Å². The van der Waals surface area contributed by atoms with Crippen LogP contribution in [0, 0.1) is 22.7 Å². The molecule has 1 saturated heterocycles. The first-order valence-electron chi connectivity index (χ1n) is 5.43. The fourth-order valence-electron chi connectivity index (χ4n) is 2.85. The summed E-state index contributed by atoms with van der Waals surface area (Å²) < 4.78 is 1.90. The predicted molar refractivity (Wildman–Crippen MR) is 55.0 cm³/mol. The van der Waals surface area contributed by atoms with Gasteiger partial charge in [-0.25, -0.2) is 0 Å². The molecule has 4 nitrogen and oxygen atoms in total. The lowest BCUT2D eigenvalue weighted by Gasteiger charge is -2.54. The van der Waals surface area contributed by atoms with Gasteiger partial charge < -0.3 is 5.32 Å². The lowest BCUT2D eigenvalue weighted by atomic mass is 9.58. The van der Waals surface area contributed by atoms with E-state index in [0.29, 0.717) is 11.0 Å². The van der Waals surface area contributed by atoms with E-state index in [2.05, 4.69) is 16.5 Å². The van der Waals surface area contributed by atoms with E-state index in [0.717, 1.165) is 12.5 Å². The Morgan fingerprint density at radius 3 is 2.93 bits per heavy atom. The molecule has 1 spiro atoms. The fraction of sp³-hybridized carbons (Fsp3) is 0.636. The summed E-state index contributed by atoms with van der Waals surface area (Å²) in [7, 11) is 0. The summed E-state index contributed by atoms with van der Waals surface area (Å²) in [5.74, 6) is 0.763. The van der Waals surface area contributed by atoms with Crippen molar-refractivity contribution in [3.05, 3.63) is 18.0 Å². The second-order valence-corrected chi connectivity index (χ2v) is 4.94. The second kappa shape index (κ2) is 3.07.